The van der Waals surface area contributed by atoms with Crippen molar-refractivity contribution in [1.29, 1.82) is 0 Å². The highest BCUT2D eigenvalue weighted by atomic mass is 16.5. The Bertz CT molecular complexity index is 420. The Hall–Kier alpha value is -1.50. The van der Waals surface area contributed by atoms with E-state index in [1.807, 2.05) is 11.0 Å². The fourth-order valence-corrected chi connectivity index (χ4v) is 2.30. The number of nitrogen functional groups attached to an aromatic ring is 1. The molecule has 0 radical (unpaired) electrons. The van der Waals surface area contributed by atoms with Crippen LogP contribution in [0.2, 0.25) is 0 Å². The number of aliphatic hydroxyl groups is 2. The van der Waals surface area contributed by atoms with Crippen LogP contribution in [0.15, 0.2) is 12.1 Å². The second kappa shape index (κ2) is 9.44. The lowest BCUT2D eigenvalue weighted by Crippen LogP contribution is -2.31. The van der Waals surface area contributed by atoms with Crippen LogP contribution in [0, 0.1) is 0 Å². The molecule has 0 aromatic heterocycles. The summed E-state index contributed by atoms with van der Waals surface area (Å²) in [7, 11) is 3.20. The molecular formula is C15H26N2O4. The lowest BCUT2D eigenvalue weighted by atomic mass is 10.1. The highest BCUT2D eigenvalue weighted by Gasteiger charge is 2.10. The van der Waals surface area contributed by atoms with Crippen LogP contribution in [-0.2, 0) is 6.42 Å². The molecule has 0 spiro atoms. The van der Waals surface area contributed by atoms with Crippen molar-refractivity contribution >= 4 is 5.69 Å². The van der Waals surface area contributed by atoms with Crippen LogP contribution in [0.4, 0.5) is 5.69 Å². The smallest absolute Gasteiger partial charge is 0.145 e. The first-order valence-electron chi connectivity index (χ1n) is 7.10. The van der Waals surface area contributed by atoms with Crippen molar-refractivity contribution in [3.8, 4) is 11.5 Å². The molecule has 0 aliphatic rings. The van der Waals surface area contributed by atoms with Gasteiger partial charge in [0.15, 0.2) is 0 Å². The summed E-state index contributed by atoms with van der Waals surface area (Å²) in [4.78, 5) is 2.03. The number of methoxy groups -OCH3 is 2. The number of aryl methyl sites for hydroxylation is 1. The number of hydrogen-bond donors (Lipinski definition) is 3. The zero-order valence-corrected chi connectivity index (χ0v) is 12.8. The number of nitrogens with two attached hydrogens (primary N) is 1. The highest BCUT2D eigenvalue weighted by Crippen LogP contribution is 2.31. The molecule has 21 heavy (non-hydrogen) atoms. The van der Waals surface area contributed by atoms with E-state index in [2.05, 4.69) is 0 Å². The van der Waals surface area contributed by atoms with Crippen LogP contribution in [0.3, 0.4) is 0 Å². The van der Waals surface area contributed by atoms with Crippen molar-refractivity contribution in [3.05, 3.63) is 17.7 Å². The molecule has 6 nitrogen and oxygen atoms in total. The molecule has 0 saturated heterocycles. The van der Waals surface area contributed by atoms with Gasteiger partial charge in [-0.25, -0.2) is 0 Å². The number of benzene rings is 1. The number of hydrogen-bond acceptors (Lipinski definition) is 6. The van der Waals surface area contributed by atoms with Crippen molar-refractivity contribution in [3.63, 3.8) is 0 Å². The minimum Gasteiger partial charge on any atom is -0.496 e. The molecule has 0 amide bonds. The maximum atomic E-state index is 8.98. The summed E-state index contributed by atoms with van der Waals surface area (Å²) in [6.07, 6.45) is 1.70. The van der Waals surface area contributed by atoms with Crippen LogP contribution < -0.4 is 15.2 Å². The highest BCUT2D eigenvalue weighted by molar-refractivity contribution is 5.59. The topological polar surface area (TPSA) is 88.2 Å². The molecule has 0 bridgehead atoms. The molecule has 1 aromatic rings. The van der Waals surface area contributed by atoms with E-state index in [0.29, 0.717) is 24.5 Å². The van der Waals surface area contributed by atoms with Crippen molar-refractivity contribution in [2.45, 2.75) is 12.8 Å². The van der Waals surface area contributed by atoms with Crippen LogP contribution in [0.5, 0.6) is 11.5 Å². The fraction of sp³-hybridized carbons (Fsp3) is 0.600. The molecule has 120 valence electrons. The van der Waals surface area contributed by atoms with E-state index in [1.165, 1.54) is 0 Å². The van der Waals surface area contributed by atoms with E-state index in [4.69, 9.17) is 25.4 Å². The first-order valence-corrected chi connectivity index (χ1v) is 7.10. The first kappa shape index (κ1) is 17.6. The molecule has 0 aliphatic heterocycles. The van der Waals surface area contributed by atoms with Crippen molar-refractivity contribution in [1.82, 2.24) is 4.90 Å². The maximum Gasteiger partial charge on any atom is 0.145 e. The van der Waals surface area contributed by atoms with Gasteiger partial charge in [-0.1, -0.05) is 0 Å². The Morgan fingerprint density at radius 3 is 2.14 bits per heavy atom. The second-order valence-corrected chi connectivity index (χ2v) is 4.80. The summed E-state index contributed by atoms with van der Waals surface area (Å²) < 4.78 is 10.5. The third-order valence-corrected chi connectivity index (χ3v) is 3.39. The normalized spacial score (nSPS) is 10.9. The quantitative estimate of drug-likeness (QED) is 0.545. The number of rotatable bonds is 10. The van der Waals surface area contributed by atoms with Crippen molar-refractivity contribution < 1.29 is 19.7 Å². The predicted octanol–water partition coefficient (Wildman–Crippen LogP) is 0.505. The van der Waals surface area contributed by atoms with E-state index in [0.717, 1.165) is 30.7 Å². The third kappa shape index (κ3) is 5.41. The Morgan fingerprint density at radius 1 is 1.00 bits per heavy atom. The monoisotopic (exact) mass is 298 g/mol. The second-order valence-electron chi connectivity index (χ2n) is 4.80. The standard InChI is InChI=1S/C15H26N2O4/c1-20-14-11-15(21-2)13(16)10-12(14)4-3-5-17(6-8-18)7-9-19/h10-11,18-19H,3-9,16H2,1-2H3. The van der Waals surface area contributed by atoms with E-state index in [-0.39, 0.29) is 13.2 Å². The Kier molecular flexibility index (Phi) is 7.89. The molecule has 0 aliphatic carbocycles. The minimum absolute atomic E-state index is 0.0960. The molecular weight excluding hydrogens is 272 g/mol. The molecule has 0 fully saturated rings. The van der Waals surface area contributed by atoms with Crippen LogP contribution in [-0.4, -0.2) is 62.2 Å². The number of nitrogens with zero attached hydrogens (tertiary/aromatic N) is 1. The van der Waals surface area contributed by atoms with Gasteiger partial charge in [0.2, 0.25) is 0 Å². The minimum atomic E-state index is 0.0960. The Balaban J connectivity index is 2.63. The van der Waals surface area contributed by atoms with Gasteiger partial charge in [-0.15, -0.1) is 0 Å². The van der Waals surface area contributed by atoms with Gasteiger partial charge < -0.3 is 25.4 Å². The van der Waals surface area contributed by atoms with Gasteiger partial charge in [-0.3, -0.25) is 4.90 Å². The van der Waals surface area contributed by atoms with Crippen LogP contribution >= 0.6 is 0 Å². The van der Waals surface area contributed by atoms with Gasteiger partial charge in [-0.2, -0.15) is 0 Å². The van der Waals surface area contributed by atoms with Gasteiger partial charge in [0.05, 0.1) is 33.1 Å². The SMILES string of the molecule is COc1cc(OC)c(CCCN(CCO)CCO)cc1N. The fourth-order valence-electron chi connectivity index (χ4n) is 2.30. The molecule has 0 saturated carbocycles. The van der Waals surface area contributed by atoms with Crippen molar-refractivity contribution in [2.75, 3.05) is 52.8 Å². The molecule has 0 atom stereocenters. The zero-order chi connectivity index (χ0) is 15.7. The van der Waals surface area contributed by atoms with E-state index < -0.39 is 0 Å². The average molecular weight is 298 g/mol. The summed E-state index contributed by atoms with van der Waals surface area (Å²) >= 11 is 0. The summed E-state index contributed by atoms with van der Waals surface area (Å²) in [5.74, 6) is 1.37. The van der Waals surface area contributed by atoms with Gasteiger partial charge in [0, 0.05) is 19.2 Å². The summed E-state index contributed by atoms with van der Waals surface area (Å²) in [5, 5.41) is 18.0. The summed E-state index contributed by atoms with van der Waals surface area (Å²) in [5.41, 5.74) is 7.55. The van der Waals surface area contributed by atoms with Gasteiger partial charge in [0.1, 0.15) is 11.5 Å². The van der Waals surface area contributed by atoms with E-state index >= 15 is 0 Å². The molecule has 0 unspecified atom stereocenters. The number of aliphatic hydroxyl groups excluding tert-OH is 2. The third-order valence-electron chi connectivity index (χ3n) is 3.39. The van der Waals surface area contributed by atoms with E-state index in [1.54, 1.807) is 20.3 Å². The lowest BCUT2D eigenvalue weighted by Gasteiger charge is -2.20. The molecule has 4 N–H and O–H groups in total. The molecule has 1 aromatic carbocycles. The van der Waals surface area contributed by atoms with E-state index in [9.17, 15) is 0 Å². The zero-order valence-electron chi connectivity index (χ0n) is 12.8. The average Bonchev–Trinajstić information content (AvgIpc) is 2.48. The van der Waals surface area contributed by atoms with Crippen LogP contribution in [0.1, 0.15) is 12.0 Å². The summed E-state index contributed by atoms with van der Waals surface area (Å²) in [6, 6.07) is 3.67. The first-order chi connectivity index (χ1) is 10.2. The van der Waals surface area contributed by atoms with Gasteiger partial charge in [0.25, 0.3) is 0 Å². The largest absolute Gasteiger partial charge is 0.496 e. The molecule has 1 rings (SSSR count). The van der Waals surface area contributed by atoms with Crippen molar-refractivity contribution in [2.24, 2.45) is 0 Å². The van der Waals surface area contributed by atoms with Gasteiger partial charge in [-0.05, 0) is 31.0 Å². The lowest BCUT2D eigenvalue weighted by molar-refractivity contribution is 0.160. The number of anilines is 1. The molecule has 0 heterocycles. The van der Waals surface area contributed by atoms with Gasteiger partial charge >= 0.3 is 0 Å². The predicted molar refractivity (Wildman–Crippen MR) is 82.9 cm³/mol. The molecule has 6 heteroatoms. The maximum absolute atomic E-state index is 8.98. The number of ether oxygens (including phenoxy) is 2. The summed E-state index contributed by atoms with van der Waals surface area (Å²) in [6.45, 7) is 2.14. The Labute approximate surface area is 126 Å². The Morgan fingerprint density at radius 2 is 1.62 bits per heavy atom. The van der Waals surface area contributed by atoms with Crippen LogP contribution in [0.25, 0.3) is 0 Å².